The van der Waals surface area contributed by atoms with Gasteiger partial charge in [0.15, 0.2) is 0 Å². The van der Waals surface area contributed by atoms with Crippen LogP contribution in [0.2, 0.25) is 0 Å². The van der Waals surface area contributed by atoms with E-state index in [0.29, 0.717) is 13.2 Å². The first-order valence-electron chi connectivity index (χ1n) is 8.24. The standard InChI is InChI=1S/C18H25NO2/c1-13(19-18(20)15-8-10-21-11-9-15)16-7-6-14-4-2-3-5-17(14)12-16/h6-7,12-13,15H,2-5,8-11H2,1H3,(H,19,20)/t13-/m1/s1. The highest BCUT2D eigenvalue weighted by molar-refractivity contribution is 5.79. The van der Waals surface area contributed by atoms with Gasteiger partial charge in [-0.1, -0.05) is 18.2 Å². The summed E-state index contributed by atoms with van der Waals surface area (Å²) in [4.78, 5) is 12.3. The van der Waals surface area contributed by atoms with Gasteiger partial charge in [-0.2, -0.15) is 0 Å². The summed E-state index contributed by atoms with van der Waals surface area (Å²) in [5, 5.41) is 3.18. The Morgan fingerprint density at radius 1 is 1.19 bits per heavy atom. The molecule has 1 aliphatic heterocycles. The third-order valence-corrected chi connectivity index (χ3v) is 4.82. The lowest BCUT2D eigenvalue weighted by atomic mass is 9.89. The molecule has 1 saturated heterocycles. The summed E-state index contributed by atoms with van der Waals surface area (Å²) < 4.78 is 5.32. The fourth-order valence-electron chi connectivity index (χ4n) is 3.40. The lowest BCUT2D eigenvalue weighted by molar-refractivity contribution is -0.128. The number of carbonyl (C=O) groups excluding carboxylic acids is 1. The topological polar surface area (TPSA) is 38.3 Å². The van der Waals surface area contributed by atoms with Gasteiger partial charge in [-0.25, -0.2) is 0 Å². The van der Waals surface area contributed by atoms with E-state index >= 15 is 0 Å². The Morgan fingerprint density at radius 3 is 2.67 bits per heavy atom. The number of fused-ring (bicyclic) bond motifs is 1. The van der Waals surface area contributed by atoms with E-state index in [2.05, 4.69) is 30.4 Å². The molecule has 21 heavy (non-hydrogen) atoms. The number of benzene rings is 1. The molecule has 0 bridgehead atoms. The van der Waals surface area contributed by atoms with Crippen LogP contribution in [0.25, 0.3) is 0 Å². The molecule has 0 radical (unpaired) electrons. The molecule has 1 amide bonds. The third-order valence-electron chi connectivity index (χ3n) is 4.82. The van der Waals surface area contributed by atoms with Gasteiger partial charge in [-0.15, -0.1) is 0 Å². The maximum Gasteiger partial charge on any atom is 0.223 e. The average molecular weight is 287 g/mol. The summed E-state index contributed by atoms with van der Waals surface area (Å²) in [5.74, 6) is 0.308. The molecule has 114 valence electrons. The van der Waals surface area contributed by atoms with Gasteiger partial charge in [0.1, 0.15) is 0 Å². The average Bonchev–Trinajstić information content (AvgIpc) is 2.55. The lowest BCUT2D eigenvalue weighted by Gasteiger charge is -2.24. The summed E-state index contributed by atoms with van der Waals surface area (Å²) in [7, 11) is 0. The zero-order valence-corrected chi connectivity index (χ0v) is 12.9. The molecule has 3 heteroatoms. The second-order valence-corrected chi connectivity index (χ2v) is 6.35. The SMILES string of the molecule is C[C@@H](NC(=O)C1CCOCC1)c1ccc2c(c1)CCCC2. The van der Waals surface area contributed by atoms with Crippen molar-refractivity contribution in [1.29, 1.82) is 0 Å². The van der Waals surface area contributed by atoms with Crippen LogP contribution in [0.1, 0.15) is 55.3 Å². The normalized spacial score (nSPS) is 20.6. The van der Waals surface area contributed by atoms with Crippen molar-refractivity contribution in [2.45, 2.75) is 51.5 Å². The van der Waals surface area contributed by atoms with Gasteiger partial charge in [0, 0.05) is 19.1 Å². The van der Waals surface area contributed by atoms with Crippen LogP contribution in [0.4, 0.5) is 0 Å². The molecule has 1 heterocycles. The smallest absolute Gasteiger partial charge is 0.223 e. The first kappa shape index (κ1) is 14.6. The van der Waals surface area contributed by atoms with Crippen LogP contribution < -0.4 is 5.32 Å². The van der Waals surface area contributed by atoms with Crippen molar-refractivity contribution in [3.8, 4) is 0 Å². The molecule has 0 spiro atoms. The minimum absolute atomic E-state index is 0.0903. The molecule has 0 aromatic heterocycles. The monoisotopic (exact) mass is 287 g/mol. The van der Waals surface area contributed by atoms with Crippen molar-refractivity contribution in [2.24, 2.45) is 5.92 Å². The van der Waals surface area contributed by atoms with Gasteiger partial charge in [0.2, 0.25) is 5.91 Å². The van der Waals surface area contributed by atoms with Crippen LogP contribution in [-0.2, 0) is 22.4 Å². The highest BCUT2D eigenvalue weighted by Gasteiger charge is 2.23. The Kier molecular flexibility index (Phi) is 4.59. The molecule has 1 atom stereocenters. The number of amides is 1. The highest BCUT2D eigenvalue weighted by atomic mass is 16.5. The molecule has 0 unspecified atom stereocenters. The minimum atomic E-state index is 0.0903. The molecule has 1 aromatic rings. The summed E-state index contributed by atoms with van der Waals surface area (Å²) in [5.41, 5.74) is 4.20. The van der Waals surface area contributed by atoms with Crippen molar-refractivity contribution >= 4 is 5.91 Å². The van der Waals surface area contributed by atoms with E-state index in [0.717, 1.165) is 12.8 Å². The van der Waals surface area contributed by atoms with E-state index in [1.807, 2.05) is 0 Å². The Labute approximate surface area is 127 Å². The van der Waals surface area contributed by atoms with Crippen molar-refractivity contribution in [3.63, 3.8) is 0 Å². The van der Waals surface area contributed by atoms with Crippen LogP contribution in [-0.4, -0.2) is 19.1 Å². The minimum Gasteiger partial charge on any atom is -0.381 e. The molecule has 1 N–H and O–H groups in total. The fraction of sp³-hybridized carbons (Fsp3) is 0.611. The zero-order valence-electron chi connectivity index (χ0n) is 12.9. The van der Waals surface area contributed by atoms with Gasteiger partial charge in [-0.3, -0.25) is 4.79 Å². The van der Waals surface area contributed by atoms with Gasteiger partial charge < -0.3 is 10.1 Å². The molecular formula is C18H25NO2. The fourth-order valence-corrected chi connectivity index (χ4v) is 3.40. The van der Waals surface area contributed by atoms with Crippen molar-refractivity contribution in [1.82, 2.24) is 5.32 Å². The van der Waals surface area contributed by atoms with Crippen LogP contribution in [0.5, 0.6) is 0 Å². The van der Waals surface area contributed by atoms with E-state index < -0.39 is 0 Å². The van der Waals surface area contributed by atoms with E-state index in [9.17, 15) is 4.79 Å². The Bertz CT molecular complexity index is 506. The van der Waals surface area contributed by atoms with E-state index in [1.54, 1.807) is 0 Å². The summed E-state index contributed by atoms with van der Waals surface area (Å²) >= 11 is 0. The molecule has 2 aliphatic rings. The highest BCUT2D eigenvalue weighted by Crippen LogP contribution is 2.25. The number of rotatable bonds is 3. The predicted molar refractivity (Wildman–Crippen MR) is 83.2 cm³/mol. The maximum absolute atomic E-state index is 12.3. The molecule has 1 aliphatic carbocycles. The molecular weight excluding hydrogens is 262 g/mol. The third kappa shape index (κ3) is 3.46. The molecule has 3 nitrogen and oxygen atoms in total. The zero-order chi connectivity index (χ0) is 14.7. The van der Waals surface area contributed by atoms with Gasteiger partial charge in [-0.05, 0) is 62.1 Å². The van der Waals surface area contributed by atoms with Crippen molar-refractivity contribution in [2.75, 3.05) is 13.2 Å². The second kappa shape index (κ2) is 6.61. The number of ether oxygens (including phenoxy) is 1. The number of aryl methyl sites for hydroxylation is 2. The summed E-state index contributed by atoms with van der Waals surface area (Å²) in [6.45, 7) is 3.51. The van der Waals surface area contributed by atoms with Crippen molar-refractivity contribution in [3.05, 3.63) is 34.9 Å². The number of hydrogen-bond donors (Lipinski definition) is 1. The molecule has 1 aromatic carbocycles. The Morgan fingerprint density at radius 2 is 1.90 bits per heavy atom. The van der Waals surface area contributed by atoms with Gasteiger partial charge >= 0.3 is 0 Å². The largest absolute Gasteiger partial charge is 0.381 e. The molecule has 0 saturated carbocycles. The predicted octanol–water partition coefficient (Wildman–Crippen LogP) is 3.17. The summed E-state index contributed by atoms with van der Waals surface area (Å²) in [6, 6.07) is 6.82. The molecule has 3 rings (SSSR count). The second-order valence-electron chi connectivity index (χ2n) is 6.35. The van der Waals surface area contributed by atoms with Gasteiger partial charge in [0.05, 0.1) is 6.04 Å². The lowest BCUT2D eigenvalue weighted by Crippen LogP contribution is -2.35. The van der Waals surface area contributed by atoms with E-state index in [4.69, 9.17) is 4.74 Å². The number of carbonyl (C=O) groups is 1. The quantitative estimate of drug-likeness (QED) is 0.927. The first-order valence-corrected chi connectivity index (χ1v) is 8.24. The Hall–Kier alpha value is -1.35. The molecule has 1 fully saturated rings. The number of nitrogens with one attached hydrogen (secondary N) is 1. The van der Waals surface area contributed by atoms with Gasteiger partial charge in [0.25, 0.3) is 0 Å². The van der Waals surface area contributed by atoms with Crippen LogP contribution in [0.15, 0.2) is 18.2 Å². The summed E-state index contributed by atoms with van der Waals surface area (Å²) in [6.07, 6.45) is 6.69. The van der Waals surface area contributed by atoms with E-state index in [-0.39, 0.29) is 17.9 Å². The van der Waals surface area contributed by atoms with Crippen LogP contribution >= 0.6 is 0 Å². The maximum atomic E-state index is 12.3. The van der Waals surface area contributed by atoms with Crippen molar-refractivity contribution < 1.29 is 9.53 Å². The van der Waals surface area contributed by atoms with Crippen LogP contribution in [0, 0.1) is 5.92 Å². The van der Waals surface area contributed by atoms with E-state index in [1.165, 1.54) is 42.4 Å². The van der Waals surface area contributed by atoms with Crippen LogP contribution in [0.3, 0.4) is 0 Å². The first-order chi connectivity index (χ1) is 10.2. The Balaban J connectivity index is 1.64. The number of hydrogen-bond acceptors (Lipinski definition) is 2.